The summed E-state index contributed by atoms with van der Waals surface area (Å²) in [4.78, 5) is 0. The highest BCUT2D eigenvalue weighted by Gasteiger charge is 2.27. The Labute approximate surface area is 105 Å². The lowest BCUT2D eigenvalue weighted by atomic mass is 10.2. The first-order chi connectivity index (χ1) is 8.46. The van der Waals surface area contributed by atoms with Crippen LogP contribution in [-0.2, 0) is 9.47 Å². The lowest BCUT2D eigenvalue weighted by Gasteiger charge is -2.28. The van der Waals surface area contributed by atoms with Crippen molar-refractivity contribution in [3.63, 3.8) is 0 Å². The molecule has 0 aromatic carbocycles. The Morgan fingerprint density at radius 2 is 1.56 bits per heavy atom. The molecule has 8 heteroatoms. The third-order valence-electron chi connectivity index (χ3n) is 2.19. The molecule has 0 aromatic heterocycles. The molecule has 0 aliphatic rings. The van der Waals surface area contributed by atoms with Gasteiger partial charge in [-0.2, -0.15) is 0 Å². The van der Waals surface area contributed by atoms with Crippen LogP contribution in [0.15, 0.2) is 0 Å². The Hall–Kier alpha value is -0.320. The third kappa shape index (κ3) is 6.57. The molecule has 0 saturated heterocycles. The summed E-state index contributed by atoms with van der Waals surface area (Å²) in [6.45, 7) is -0.625. The summed E-state index contributed by atoms with van der Waals surface area (Å²) in [7, 11) is 0. The van der Waals surface area contributed by atoms with Crippen molar-refractivity contribution < 1.29 is 40.1 Å². The topological polar surface area (TPSA) is 140 Å². The van der Waals surface area contributed by atoms with Crippen molar-refractivity contribution in [3.8, 4) is 0 Å². The van der Waals surface area contributed by atoms with Crippen LogP contribution in [0, 0.1) is 0 Å². The van der Waals surface area contributed by atoms with Crippen LogP contribution in [0.3, 0.4) is 0 Å². The summed E-state index contributed by atoms with van der Waals surface area (Å²) in [6, 6.07) is 0. The van der Waals surface area contributed by atoms with Crippen LogP contribution in [0.5, 0.6) is 0 Å². The lowest BCUT2D eigenvalue weighted by molar-refractivity contribution is -0.247. The third-order valence-corrected chi connectivity index (χ3v) is 2.19. The molecule has 0 saturated carbocycles. The van der Waals surface area contributed by atoms with Gasteiger partial charge in [0.2, 0.25) is 0 Å². The minimum absolute atomic E-state index is 0.323. The van der Waals surface area contributed by atoms with Crippen LogP contribution in [0.1, 0.15) is 6.92 Å². The summed E-state index contributed by atoms with van der Waals surface area (Å²) in [6.07, 6.45) is -5.88. The zero-order valence-electron chi connectivity index (χ0n) is 10.2. The molecule has 0 amide bonds. The average Bonchev–Trinajstić information content (AvgIpc) is 2.37. The Balaban J connectivity index is 4.38. The zero-order chi connectivity index (χ0) is 14.1. The van der Waals surface area contributed by atoms with Gasteiger partial charge in [-0.25, -0.2) is 0 Å². The fourth-order valence-electron chi connectivity index (χ4n) is 1.07. The van der Waals surface area contributed by atoms with Crippen LogP contribution in [0.4, 0.5) is 0 Å². The van der Waals surface area contributed by atoms with Crippen molar-refractivity contribution in [1.29, 1.82) is 0 Å². The van der Waals surface area contributed by atoms with Crippen molar-refractivity contribution in [3.05, 3.63) is 0 Å². The molecular formula is C10H22O8. The molecule has 0 aliphatic carbocycles. The van der Waals surface area contributed by atoms with Crippen molar-refractivity contribution in [2.45, 2.75) is 37.6 Å². The number of rotatable bonds is 10. The van der Waals surface area contributed by atoms with Crippen LogP contribution in [-0.4, -0.2) is 87.8 Å². The van der Waals surface area contributed by atoms with Gasteiger partial charge in [-0.1, -0.05) is 0 Å². The van der Waals surface area contributed by atoms with Crippen LogP contribution in [0.25, 0.3) is 0 Å². The van der Waals surface area contributed by atoms with Crippen LogP contribution < -0.4 is 0 Å². The highest BCUT2D eigenvalue weighted by molar-refractivity contribution is 4.68. The normalized spacial score (nSPS) is 20.2. The molecule has 6 N–H and O–H groups in total. The Bertz CT molecular complexity index is 200. The van der Waals surface area contributed by atoms with E-state index >= 15 is 0 Å². The highest BCUT2D eigenvalue weighted by atomic mass is 16.7. The molecule has 0 fully saturated rings. The van der Waals surface area contributed by atoms with Gasteiger partial charge in [0, 0.05) is 0 Å². The van der Waals surface area contributed by atoms with E-state index in [4.69, 9.17) is 29.9 Å². The van der Waals surface area contributed by atoms with Gasteiger partial charge in [0.15, 0.2) is 6.29 Å². The van der Waals surface area contributed by atoms with Gasteiger partial charge in [-0.15, -0.1) is 0 Å². The lowest BCUT2D eigenvalue weighted by Crippen LogP contribution is -2.43. The van der Waals surface area contributed by atoms with E-state index in [1.165, 1.54) is 6.92 Å². The molecule has 8 nitrogen and oxygen atoms in total. The molecule has 4 unspecified atom stereocenters. The molecule has 0 aromatic rings. The van der Waals surface area contributed by atoms with Gasteiger partial charge in [0.1, 0.15) is 18.3 Å². The number of aliphatic hydroxyl groups is 6. The standard InChI is InChI=1S/C10H22O8/c1-6(14)9(4-13)18-10(8(16)3-12)17-5-7(15)2-11/h6-16H,2-5H2,1H3/t6?,7?,8-,9?,10?/m0/s1. The van der Waals surface area contributed by atoms with Crippen molar-refractivity contribution in [1.82, 2.24) is 0 Å². The number of ether oxygens (including phenoxy) is 2. The summed E-state index contributed by atoms with van der Waals surface area (Å²) in [5.74, 6) is 0. The average molecular weight is 270 g/mol. The SMILES string of the molecule is CC(O)C(CO)OC(OCC(O)CO)[C@@H](O)CO. The van der Waals surface area contributed by atoms with Gasteiger partial charge in [0.05, 0.1) is 32.5 Å². The maximum Gasteiger partial charge on any atom is 0.186 e. The van der Waals surface area contributed by atoms with Crippen LogP contribution in [0.2, 0.25) is 0 Å². The largest absolute Gasteiger partial charge is 0.394 e. The molecule has 0 spiro atoms. The predicted octanol–water partition coefficient (Wildman–Crippen LogP) is -3.21. The Morgan fingerprint density at radius 3 is 1.94 bits per heavy atom. The second-order valence-electron chi connectivity index (χ2n) is 3.89. The molecular weight excluding hydrogens is 248 g/mol. The second-order valence-corrected chi connectivity index (χ2v) is 3.89. The monoisotopic (exact) mass is 270 g/mol. The van der Waals surface area contributed by atoms with Gasteiger partial charge < -0.3 is 40.1 Å². The van der Waals surface area contributed by atoms with E-state index in [0.29, 0.717) is 0 Å². The van der Waals surface area contributed by atoms with Gasteiger partial charge in [0.25, 0.3) is 0 Å². The van der Waals surface area contributed by atoms with Gasteiger partial charge in [-0.05, 0) is 6.92 Å². The molecule has 0 radical (unpaired) electrons. The minimum atomic E-state index is -1.40. The Kier molecular flexibility index (Phi) is 9.42. The molecule has 5 atom stereocenters. The molecule has 0 heterocycles. The zero-order valence-corrected chi connectivity index (χ0v) is 10.2. The molecule has 18 heavy (non-hydrogen) atoms. The van der Waals surface area contributed by atoms with Crippen molar-refractivity contribution in [2.24, 2.45) is 0 Å². The number of aliphatic hydroxyl groups excluding tert-OH is 6. The number of hydrogen-bond acceptors (Lipinski definition) is 8. The Morgan fingerprint density at radius 1 is 0.944 bits per heavy atom. The highest BCUT2D eigenvalue weighted by Crippen LogP contribution is 2.09. The van der Waals surface area contributed by atoms with E-state index < -0.39 is 50.5 Å². The van der Waals surface area contributed by atoms with Crippen molar-refractivity contribution in [2.75, 3.05) is 26.4 Å². The van der Waals surface area contributed by atoms with Gasteiger partial charge in [-0.3, -0.25) is 0 Å². The van der Waals surface area contributed by atoms with E-state index in [-0.39, 0.29) is 6.61 Å². The quantitative estimate of drug-likeness (QED) is 0.228. The van der Waals surface area contributed by atoms with E-state index in [2.05, 4.69) is 0 Å². The summed E-state index contributed by atoms with van der Waals surface area (Å²) >= 11 is 0. The first-order valence-corrected chi connectivity index (χ1v) is 5.60. The molecule has 0 bridgehead atoms. The van der Waals surface area contributed by atoms with Crippen LogP contribution >= 0.6 is 0 Å². The molecule has 110 valence electrons. The first-order valence-electron chi connectivity index (χ1n) is 5.60. The molecule has 0 aliphatic heterocycles. The van der Waals surface area contributed by atoms with E-state index in [0.717, 1.165) is 0 Å². The maximum absolute atomic E-state index is 9.42. The molecule has 0 rings (SSSR count). The fraction of sp³-hybridized carbons (Fsp3) is 1.00. The second kappa shape index (κ2) is 9.59. The fourth-order valence-corrected chi connectivity index (χ4v) is 1.07. The summed E-state index contributed by atoms with van der Waals surface area (Å²) < 4.78 is 10.0. The minimum Gasteiger partial charge on any atom is -0.394 e. The number of hydrogen-bond donors (Lipinski definition) is 6. The van der Waals surface area contributed by atoms with E-state index in [9.17, 15) is 10.2 Å². The smallest absolute Gasteiger partial charge is 0.186 e. The maximum atomic E-state index is 9.42. The van der Waals surface area contributed by atoms with Crippen molar-refractivity contribution >= 4 is 0 Å². The van der Waals surface area contributed by atoms with Gasteiger partial charge >= 0.3 is 0 Å². The van der Waals surface area contributed by atoms with E-state index in [1.54, 1.807) is 0 Å². The summed E-state index contributed by atoms with van der Waals surface area (Å²) in [5, 5.41) is 54.1. The predicted molar refractivity (Wildman–Crippen MR) is 59.6 cm³/mol. The summed E-state index contributed by atoms with van der Waals surface area (Å²) in [5.41, 5.74) is 0. The first kappa shape index (κ1) is 17.7. The van der Waals surface area contributed by atoms with E-state index in [1.807, 2.05) is 0 Å².